The van der Waals surface area contributed by atoms with Gasteiger partial charge >= 0.3 is 0 Å². The van der Waals surface area contributed by atoms with Crippen molar-refractivity contribution in [3.05, 3.63) is 47.0 Å². The van der Waals surface area contributed by atoms with Gasteiger partial charge in [0.05, 0.1) is 19.1 Å². The maximum atomic E-state index is 12.1. The number of hydrogen-bond donors (Lipinski definition) is 2. The first-order chi connectivity index (χ1) is 10.3. The van der Waals surface area contributed by atoms with E-state index in [1.807, 2.05) is 12.1 Å². The largest absolute Gasteiger partial charge is 0.373 e. The summed E-state index contributed by atoms with van der Waals surface area (Å²) in [7, 11) is 0. The molecule has 2 aliphatic heterocycles. The van der Waals surface area contributed by atoms with Crippen LogP contribution in [-0.4, -0.2) is 32.1 Å². The van der Waals surface area contributed by atoms with E-state index in [1.165, 1.54) is 16.7 Å². The first kappa shape index (κ1) is 14.3. The van der Waals surface area contributed by atoms with E-state index in [0.717, 1.165) is 25.9 Å². The number of fused-ring (bicyclic) bond motifs is 1. The number of ether oxygens (including phenoxy) is 1. The lowest BCUT2D eigenvalue weighted by atomic mass is 9.95. The van der Waals surface area contributed by atoms with Crippen LogP contribution in [0.4, 0.5) is 0 Å². The summed E-state index contributed by atoms with van der Waals surface area (Å²) < 4.78 is 5.78. The third kappa shape index (κ3) is 3.71. The minimum Gasteiger partial charge on any atom is -0.373 e. The zero-order valence-electron chi connectivity index (χ0n) is 12.2. The lowest BCUT2D eigenvalue weighted by Gasteiger charge is -2.25. The van der Waals surface area contributed by atoms with Crippen LogP contribution in [0, 0.1) is 0 Å². The van der Waals surface area contributed by atoms with Crippen LogP contribution in [0.1, 0.15) is 30.1 Å². The van der Waals surface area contributed by atoms with Gasteiger partial charge in [0.15, 0.2) is 0 Å². The monoisotopic (exact) mass is 286 g/mol. The average molecular weight is 286 g/mol. The highest BCUT2D eigenvalue weighted by Crippen LogP contribution is 2.29. The summed E-state index contributed by atoms with van der Waals surface area (Å²) in [5.74, 6) is 0.0659. The van der Waals surface area contributed by atoms with Crippen molar-refractivity contribution >= 4 is 5.91 Å². The number of nitrogens with one attached hydrogen (secondary N) is 2. The third-order valence-corrected chi connectivity index (χ3v) is 4.13. The molecular formula is C17H22N2O2. The van der Waals surface area contributed by atoms with E-state index in [9.17, 15) is 4.79 Å². The summed E-state index contributed by atoms with van der Waals surface area (Å²) in [5.41, 5.74) is 3.79. The van der Waals surface area contributed by atoms with Gasteiger partial charge in [0, 0.05) is 13.1 Å². The van der Waals surface area contributed by atoms with Crippen molar-refractivity contribution in [2.45, 2.75) is 25.4 Å². The Kier molecular flexibility index (Phi) is 4.68. The molecule has 1 unspecified atom stereocenters. The zero-order valence-corrected chi connectivity index (χ0v) is 12.2. The van der Waals surface area contributed by atoms with Crippen LogP contribution in [0.25, 0.3) is 0 Å². The van der Waals surface area contributed by atoms with Crippen molar-refractivity contribution in [1.29, 1.82) is 0 Å². The van der Waals surface area contributed by atoms with Crippen molar-refractivity contribution in [1.82, 2.24) is 10.6 Å². The molecule has 0 radical (unpaired) electrons. The van der Waals surface area contributed by atoms with Gasteiger partial charge in [0.1, 0.15) is 0 Å². The topological polar surface area (TPSA) is 50.4 Å². The molecule has 21 heavy (non-hydrogen) atoms. The van der Waals surface area contributed by atoms with E-state index >= 15 is 0 Å². The van der Waals surface area contributed by atoms with E-state index in [4.69, 9.17) is 4.74 Å². The molecule has 4 heteroatoms. The summed E-state index contributed by atoms with van der Waals surface area (Å²) in [5, 5.41) is 6.29. The molecule has 0 bridgehead atoms. The van der Waals surface area contributed by atoms with Crippen LogP contribution in [0.15, 0.2) is 35.9 Å². The fraction of sp³-hybridized carbons (Fsp3) is 0.471. The van der Waals surface area contributed by atoms with E-state index in [2.05, 4.69) is 28.8 Å². The molecule has 2 N–H and O–H groups in total. The quantitative estimate of drug-likeness (QED) is 0.829. The molecule has 0 saturated carbocycles. The molecule has 0 aliphatic carbocycles. The fourth-order valence-corrected chi connectivity index (χ4v) is 2.93. The van der Waals surface area contributed by atoms with Gasteiger partial charge in [-0.3, -0.25) is 4.79 Å². The lowest BCUT2D eigenvalue weighted by Crippen LogP contribution is -2.31. The van der Waals surface area contributed by atoms with Gasteiger partial charge in [-0.1, -0.05) is 35.9 Å². The maximum Gasteiger partial charge on any atom is 0.223 e. The highest BCUT2D eigenvalue weighted by Gasteiger charge is 2.22. The predicted octanol–water partition coefficient (Wildman–Crippen LogP) is 1.73. The van der Waals surface area contributed by atoms with Gasteiger partial charge in [0.2, 0.25) is 5.91 Å². The molecule has 1 aromatic rings. The minimum atomic E-state index is -0.100. The second-order valence-electron chi connectivity index (χ2n) is 5.61. The maximum absolute atomic E-state index is 12.1. The van der Waals surface area contributed by atoms with Gasteiger partial charge < -0.3 is 15.4 Å². The molecule has 2 aliphatic rings. The Morgan fingerprint density at radius 2 is 2.24 bits per heavy atom. The Morgan fingerprint density at radius 3 is 3.10 bits per heavy atom. The Bertz CT molecular complexity index is 539. The van der Waals surface area contributed by atoms with Crippen LogP contribution in [0.3, 0.4) is 0 Å². The standard InChI is InChI=1S/C17H22N2O2/c20-17(19-12-13-5-8-18-9-6-13)11-16-15-4-2-1-3-14(15)7-10-21-16/h1-5,16,18H,6-12H2,(H,19,20). The number of hydrogen-bond acceptors (Lipinski definition) is 3. The SMILES string of the molecule is O=C(CC1OCCc2ccccc21)NCC1=CCNCC1. The van der Waals surface area contributed by atoms with Crippen LogP contribution in [0.5, 0.6) is 0 Å². The lowest BCUT2D eigenvalue weighted by molar-refractivity contribution is -0.124. The number of benzene rings is 1. The molecule has 112 valence electrons. The minimum absolute atomic E-state index is 0.0659. The number of carbonyl (C=O) groups excluding carboxylic acids is 1. The first-order valence-corrected chi connectivity index (χ1v) is 7.67. The van der Waals surface area contributed by atoms with Crippen LogP contribution in [-0.2, 0) is 16.0 Å². The summed E-state index contributed by atoms with van der Waals surface area (Å²) in [6.45, 7) is 3.27. The molecule has 1 atom stereocenters. The van der Waals surface area contributed by atoms with Crippen molar-refractivity contribution in [3.63, 3.8) is 0 Å². The van der Waals surface area contributed by atoms with Gasteiger partial charge in [0.25, 0.3) is 0 Å². The van der Waals surface area contributed by atoms with E-state index in [-0.39, 0.29) is 12.0 Å². The Morgan fingerprint density at radius 1 is 1.33 bits per heavy atom. The van der Waals surface area contributed by atoms with Crippen LogP contribution < -0.4 is 10.6 Å². The van der Waals surface area contributed by atoms with Gasteiger partial charge in [-0.15, -0.1) is 0 Å². The molecule has 1 amide bonds. The van der Waals surface area contributed by atoms with Crippen molar-refractivity contribution < 1.29 is 9.53 Å². The van der Waals surface area contributed by atoms with E-state index in [0.29, 0.717) is 19.6 Å². The summed E-state index contributed by atoms with van der Waals surface area (Å²) in [6, 6.07) is 8.26. The van der Waals surface area contributed by atoms with Crippen LogP contribution in [0.2, 0.25) is 0 Å². The highest BCUT2D eigenvalue weighted by atomic mass is 16.5. The summed E-state index contributed by atoms with van der Waals surface area (Å²) in [6.07, 6.45) is 4.42. The van der Waals surface area contributed by atoms with Crippen molar-refractivity contribution in [3.8, 4) is 0 Å². The van der Waals surface area contributed by atoms with Gasteiger partial charge in [-0.05, 0) is 30.5 Å². The molecule has 4 nitrogen and oxygen atoms in total. The van der Waals surface area contributed by atoms with Gasteiger partial charge in [-0.25, -0.2) is 0 Å². The van der Waals surface area contributed by atoms with Crippen molar-refractivity contribution in [2.75, 3.05) is 26.2 Å². The molecule has 0 spiro atoms. The Balaban J connectivity index is 1.54. The molecule has 2 heterocycles. The molecule has 3 rings (SSSR count). The zero-order chi connectivity index (χ0) is 14.5. The molecule has 0 fully saturated rings. The smallest absolute Gasteiger partial charge is 0.223 e. The molecule has 0 saturated heterocycles. The van der Waals surface area contributed by atoms with E-state index in [1.54, 1.807) is 0 Å². The Labute approximate surface area is 125 Å². The average Bonchev–Trinajstić information content (AvgIpc) is 2.54. The van der Waals surface area contributed by atoms with Gasteiger partial charge in [-0.2, -0.15) is 0 Å². The second-order valence-corrected chi connectivity index (χ2v) is 5.61. The summed E-state index contributed by atoms with van der Waals surface area (Å²) >= 11 is 0. The predicted molar refractivity (Wildman–Crippen MR) is 82.0 cm³/mol. The van der Waals surface area contributed by atoms with Crippen LogP contribution >= 0.6 is 0 Å². The third-order valence-electron chi connectivity index (χ3n) is 4.13. The molecular weight excluding hydrogens is 264 g/mol. The number of carbonyl (C=O) groups is 1. The Hall–Kier alpha value is -1.65. The van der Waals surface area contributed by atoms with Crippen molar-refractivity contribution in [2.24, 2.45) is 0 Å². The number of amides is 1. The normalized spacial score (nSPS) is 21.3. The van der Waals surface area contributed by atoms with E-state index < -0.39 is 0 Å². The second kappa shape index (κ2) is 6.87. The summed E-state index contributed by atoms with van der Waals surface area (Å²) in [4.78, 5) is 12.1. The first-order valence-electron chi connectivity index (χ1n) is 7.67. The molecule has 1 aromatic carbocycles. The number of rotatable bonds is 4. The fourth-order valence-electron chi connectivity index (χ4n) is 2.93. The molecule has 0 aromatic heterocycles. The highest BCUT2D eigenvalue weighted by molar-refractivity contribution is 5.77.